The van der Waals surface area contributed by atoms with Crippen LogP contribution >= 0.6 is 0 Å². The van der Waals surface area contributed by atoms with Crippen LogP contribution in [-0.2, 0) is 0 Å². The molecule has 0 radical (unpaired) electrons. The van der Waals surface area contributed by atoms with Crippen LogP contribution in [0.4, 0.5) is 0 Å². The lowest BCUT2D eigenvalue weighted by Gasteiger charge is -2.46. The first-order valence-electron chi connectivity index (χ1n) is 7.96. The largest absolute Gasteiger partial charge is 0.325 e. The molecule has 0 aromatic heterocycles. The van der Waals surface area contributed by atoms with Crippen LogP contribution in [0.1, 0.15) is 71.1 Å². The van der Waals surface area contributed by atoms with Gasteiger partial charge in [0.2, 0.25) is 0 Å². The molecule has 17 heavy (non-hydrogen) atoms. The molecule has 0 bridgehead atoms. The highest BCUT2D eigenvalue weighted by atomic mass is 14.8. The van der Waals surface area contributed by atoms with Crippen LogP contribution in [0, 0.1) is 23.7 Å². The van der Waals surface area contributed by atoms with Crippen molar-refractivity contribution in [3.8, 4) is 0 Å². The van der Waals surface area contributed by atoms with Gasteiger partial charge in [0, 0.05) is 5.54 Å². The SMILES string of the molecule is CC1CCC(C2(N)CCCC(C3CC3)C2)CC1. The summed E-state index contributed by atoms with van der Waals surface area (Å²) >= 11 is 0. The summed E-state index contributed by atoms with van der Waals surface area (Å²) in [6, 6.07) is 0. The molecule has 98 valence electrons. The minimum absolute atomic E-state index is 0.228. The van der Waals surface area contributed by atoms with Gasteiger partial charge in [-0.2, -0.15) is 0 Å². The summed E-state index contributed by atoms with van der Waals surface area (Å²) in [6.45, 7) is 2.41. The molecule has 1 nitrogen and oxygen atoms in total. The van der Waals surface area contributed by atoms with Crippen LogP contribution < -0.4 is 5.73 Å². The Kier molecular flexibility index (Phi) is 3.23. The van der Waals surface area contributed by atoms with E-state index in [9.17, 15) is 0 Å². The molecular weight excluding hydrogens is 206 g/mol. The maximum absolute atomic E-state index is 6.84. The molecule has 2 N–H and O–H groups in total. The molecule has 3 fully saturated rings. The third-order valence-corrected chi connectivity index (χ3v) is 5.98. The predicted octanol–water partition coefficient (Wildman–Crippen LogP) is 4.11. The van der Waals surface area contributed by atoms with E-state index in [1.807, 2.05) is 0 Å². The lowest BCUT2D eigenvalue weighted by atomic mass is 9.63. The first-order valence-corrected chi connectivity index (χ1v) is 7.96. The molecule has 0 aromatic carbocycles. The van der Waals surface area contributed by atoms with Gasteiger partial charge in [-0.25, -0.2) is 0 Å². The third-order valence-electron chi connectivity index (χ3n) is 5.98. The van der Waals surface area contributed by atoms with Crippen molar-refractivity contribution >= 4 is 0 Å². The summed E-state index contributed by atoms with van der Waals surface area (Å²) < 4.78 is 0. The van der Waals surface area contributed by atoms with E-state index in [0.29, 0.717) is 0 Å². The second-order valence-electron chi connectivity index (χ2n) is 7.38. The minimum Gasteiger partial charge on any atom is -0.325 e. The van der Waals surface area contributed by atoms with E-state index in [1.165, 1.54) is 64.2 Å². The van der Waals surface area contributed by atoms with Gasteiger partial charge in [-0.15, -0.1) is 0 Å². The van der Waals surface area contributed by atoms with Crippen molar-refractivity contribution in [2.24, 2.45) is 29.4 Å². The van der Waals surface area contributed by atoms with Crippen LogP contribution in [0.15, 0.2) is 0 Å². The van der Waals surface area contributed by atoms with Crippen LogP contribution in [0.2, 0.25) is 0 Å². The highest BCUT2D eigenvalue weighted by Gasteiger charge is 2.44. The lowest BCUT2D eigenvalue weighted by Crippen LogP contribution is -2.51. The van der Waals surface area contributed by atoms with E-state index in [0.717, 1.165) is 23.7 Å². The molecule has 0 spiro atoms. The van der Waals surface area contributed by atoms with Crippen molar-refractivity contribution in [2.45, 2.75) is 76.7 Å². The lowest BCUT2D eigenvalue weighted by molar-refractivity contribution is 0.102. The number of hydrogen-bond acceptors (Lipinski definition) is 1. The minimum atomic E-state index is 0.228. The molecule has 3 rings (SSSR count). The Morgan fingerprint density at radius 1 is 0.882 bits per heavy atom. The summed E-state index contributed by atoms with van der Waals surface area (Å²) in [5, 5.41) is 0. The van der Waals surface area contributed by atoms with E-state index < -0.39 is 0 Å². The van der Waals surface area contributed by atoms with Gasteiger partial charge in [-0.3, -0.25) is 0 Å². The molecule has 3 saturated carbocycles. The number of nitrogens with two attached hydrogens (primary N) is 1. The van der Waals surface area contributed by atoms with Gasteiger partial charge in [-0.1, -0.05) is 32.6 Å². The Labute approximate surface area is 107 Å². The maximum atomic E-state index is 6.84. The van der Waals surface area contributed by atoms with Crippen molar-refractivity contribution in [1.82, 2.24) is 0 Å². The standard InChI is InChI=1S/C16H29N/c1-12-4-8-15(9-5-12)16(17)10-2-3-14(11-16)13-6-7-13/h12-15H,2-11,17H2,1H3. The molecule has 1 heteroatoms. The van der Waals surface area contributed by atoms with Gasteiger partial charge in [0.1, 0.15) is 0 Å². The molecule has 3 aliphatic rings. The molecule has 2 unspecified atom stereocenters. The van der Waals surface area contributed by atoms with Gasteiger partial charge < -0.3 is 5.73 Å². The van der Waals surface area contributed by atoms with Gasteiger partial charge in [0.05, 0.1) is 0 Å². The molecule has 0 heterocycles. The van der Waals surface area contributed by atoms with Crippen molar-refractivity contribution < 1.29 is 0 Å². The second-order valence-corrected chi connectivity index (χ2v) is 7.38. The Bertz CT molecular complexity index is 263. The van der Waals surface area contributed by atoms with Gasteiger partial charge in [0.25, 0.3) is 0 Å². The summed E-state index contributed by atoms with van der Waals surface area (Å²) in [7, 11) is 0. The quantitative estimate of drug-likeness (QED) is 0.766. The smallest absolute Gasteiger partial charge is 0.0185 e. The average Bonchev–Trinajstić information content (AvgIpc) is 3.13. The first-order chi connectivity index (χ1) is 8.17. The number of rotatable bonds is 2. The monoisotopic (exact) mass is 235 g/mol. The Morgan fingerprint density at radius 3 is 2.24 bits per heavy atom. The second kappa shape index (κ2) is 4.57. The average molecular weight is 235 g/mol. The molecule has 0 saturated heterocycles. The zero-order valence-corrected chi connectivity index (χ0v) is 11.5. The van der Waals surface area contributed by atoms with E-state index in [1.54, 1.807) is 0 Å². The summed E-state index contributed by atoms with van der Waals surface area (Å²) in [4.78, 5) is 0. The molecule has 0 aromatic rings. The van der Waals surface area contributed by atoms with E-state index in [4.69, 9.17) is 5.73 Å². The summed E-state index contributed by atoms with van der Waals surface area (Å²) in [5.41, 5.74) is 7.06. The molecule has 0 aliphatic heterocycles. The molecular formula is C16H29N. The van der Waals surface area contributed by atoms with E-state index >= 15 is 0 Å². The van der Waals surface area contributed by atoms with Gasteiger partial charge >= 0.3 is 0 Å². The third kappa shape index (κ3) is 2.54. The van der Waals surface area contributed by atoms with Crippen molar-refractivity contribution in [3.05, 3.63) is 0 Å². The zero-order chi connectivity index (χ0) is 11.9. The molecule has 3 aliphatic carbocycles. The van der Waals surface area contributed by atoms with E-state index in [-0.39, 0.29) is 5.54 Å². The Morgan fingerprint density at radius 2 is 1.59 bits per heavy atom. The fourth-order valence-corrected chi connectivity index (χ4v) is 4.56. The van der Waals surface area contributed by atoms with Crippen LogP contribution in [-0.4, -0.2) is 5.54 Å². The highest BCUT2D eigenvalue weighted by Crippen LogP contribution is 2.49. The Hall–Kier alpha value is -0.0400. The Balaban J connectivity index is 1.62. The predicted molar refractivity (Wildman–Crippen MR) is 72.7 cm³/mol. The van der Waals surface area contributed by atoms with E-state index in [2.05, 4.69) is 6.92 Å². The normalized spacial score (nSPS) is 48.0. The molecule has 0 amide bonds. The first kappa shape index (κ1) is 12.0. The summed E-state index contributed by atoms with van der Waals surface area (Å²) in [6.07, 6.45) is 14.2. The fraction of sp³-hybridized carbons (Fsp3) is 1.00. The van der Waals surface area contributed by atoms with Crippen LogP contribution in [0.25, 0.3) is 0 Å². The van der Waals surface area contributed by atoms with Gasteiger partial charge in [-0.05, 0) is 62.2 Å². The maximum Gasteiger partial charge on any atom is 0.0185 e. The van der Waals surface area contributed by atoms with Crippen molar-refractivity contribution in [3.63, 3.8) is 0 Å². The summed E-state index contributed by atoms with van der Waals surface area (Å²) in [5.74, 6) is 3.87. The van der Waals surface area contributed by atoms with Crippen LogP contribution in [0.5, 0.6) is 0 Å². The van der Waals surface area contributed by atoms with Gasteiger partial charge in [0.15, 0.2) is 0 Å². The fourth-order valence-electron chi connectivity index (χ4n) is 4.56. The van der Waals surface area contributed by atoms with Crippen LogP contribution in [0.3, 0.4) is 0 Å². The number of hydrogen-bond donors (Lipinski definition) is 1. The topological polar surface area (TPSA) is 26.0 Å². The zero-order valence-electron chi connectivity index (χ0n) is 11.5. The highest BCUT2D eigenvalue weighted by molar-refractivity contribution is 5.00. The van der Waals surface area contributed by atoms with Crippen molar-refractivity contribution in [2.75, 3.05) is 0 Å². The van der Waals surface area contributed by atoms with Crippen molar-refractivity contribution in [1.29, 1.82) is 0 Å². The molecule has 2 atom stereocenters.